The Bertz CT molecular complexity index is 452. The third-order valence-electron chi connectivity index (χ3n) is 2.63. The van der Waals surface area contributed by atoms with E-state index in [0.717, 1.165) is 21.3 Å². The molecule has 0 unspecified atom stereocenters. The quantitative estimate of drug-likeness (QED) is 0.377. The molecule has 0 atom stereocenters. The first-order valence-electron chi connectivity index (χ1n) is 6.13. The van der Waals surface area contributed by atoms with Gasteiger partial charge in [0.15, 0.2) is 0 Å². The molecule has 0 spiro atoms. The van der Waals surface area contributed by atoms with Gasteiger partial charge in [0.05, 0.1) is 0 Å². The molecule has 0 heterocycles. The van der Waals surface area contributed by atoms with Crippen LogP contribution in [0.4, 0.5) is 0 Å². The molecule has 0 nitrogen and oxygen atoms in total. The van der Waals surface area contributed by atoms with Crippen molar-refractivity contribution in [2.45, 2.75) is 21.3 Å². The highest BCUT2D eigenvalue weighted by Crippen LogP contribution is 2.11. The molecule has 0 amide bonds. The van der Waals surface area contributed by atoms with E-state index in [4.69, 9.17) is 0 Å². The SMILES string of the molecule is BrCc1ccc(CBr)cc1.BrCc1cccc(CBr)c1. The second-order valence-electron chi connectivity index (χ2n) is 4.17. The van der Waals surface area contributed by atoms with E-state index in [-0.39, 0.29) is 0 Å². The van der Waals surface area contributed by atoms with Crippen LogP contribution in [-0.2, 0) is 21.3 Å². The van der Waals surface area contributed by atoms with Gasteiger partial charge < -0.3 is 0 Å². The summed E-state index contributed by atoms with van der Waals surface area (Å²) in [5.41, 5.74) is 5.31. The van der Waals surface area contributed by atoms with Gasteiger partial charge in [0.25, 0.3) is 0 Å². The molecule has 4 heteroatoms. The second kappa shape index (κ2) is 11.0. The van der Waals surface area contributed by atoms with Gasteiger partial charge in [0, 0.05) is 21.3 Å². The fourth-order valence-electron chi connectivity index (χ4n) is 1.51. The number of halogens is 4. The average molecular weight is 528 g/mol. The molecular formula is C16H16Br4. The number of hydrogen-bond acceptors (Lipinski definition) is 0. The van der Waals surface area contributed by atoms with Gasteiger partial charge in [-0.25, -0.2) is 0 Å². The van der Waals surface area contributed by atoms with Gasteiger partial charge in [-0.3, -0.25) is 0 Å². The van der Waals surface area contributed by atoms with Crippen LogP contribution in [0.3, 0.4) is 0 Å². The van der Waals surface area contributed by atoms with Gasteiger partial charge in [-0.1, -0.05) is 112 Å². The second-order valence-corrected chi connectivity index (χ2v) is 6.41. The van der Waals surface area contributed by atoms with Crippen LogP contribution in [0.2, 0.25) is 0 Å². The summed E-state index contributed by atoms with van der Waals surface area (Å²) >= 11 is 13.6. The Morgan fingerprint density at radius 3 is 1.15 bits per heavy atom. The van der Waals surface area contributed by atoms with Crippen molar-refractivity contribution in [3.63, 3.8) is 0 Å². The molecule has 0 aliphatic carbocycles. The molecule has 2 aromatic carbocycles. The zero-order valence-corrected chi connectivity index (χ0v) is 17.3. The Balaban J connectivity index is 0.000000200. The maximum atomic E-state index is 3.41. The Labute approximate surface area is 154 Å². The average Bonchev–Trinajstić information content (AvgIpc) is 2.55. The summed E-state index contributed by atoms with van der Waals surface area (Å²) in [7, 11) is 0. The van der Waals surface area contributed by atoms with E-state index >= 15 is 0 Å². The lowest BCUT2D eigenvalue weighted by atomic mass is 10.2. The molecule has 20 heavy (non-hydrogen) atoms. The Morgan fingerprint density at radius 1 is 0.500 bits per heavy atom. The van der Waals surface area contributed by atoms with Crippen LogP contribution in [-0.4, -0.2) is 0 Å². The van der Waals surface area contributed by atoms with Gasteiger partial charge in [-0.2, -0.15) is 0 Å². The largest absolute Gasteiger partial charge is 0.0876 e. The van der Waals surface area contributed by atoms with Crippen molar-refractivity contribution in [1.29, 1.82) is 0 Å². The number of alkyl halides is 4. The zero-order chi connectivity index (χ0) is 14.8. The molecule has 0 N–H and O–H groups in total. The molecule has 2 aromatic rings. The minimum absolute atomic E-state index is 0.938. The topological polar surface area (TPSA) is 0 Å². The van der Waals surface area contributed by atoms with E-state index in [1.807, 2.05) is 0 Å². The molecular weight excluding hydrogens is 512 g/mol. The van der Waals surface area contributed by atoms with E-state index in [0.29, 0.717) is 0 Å². The van der Waals surface area contributed by atoms with Gasteiger partial charge in [0.1, 0.15) is 0 Å². The summed E-state index contributed by atoms with van der Waals surface area (Å²) in [5.74, 6) is 0. The van der Waals surface area contributed by atoms with Crippen molar-refractivity contribution < 1.29 is 0 Å². The lowest BCUT2D eigenvalue weighted by Gasteiger charge is -1.97. The summed E-state index contributed by atoms with van der Waals surface area (Å²) in [6, 6.07) is 17.0. The molecule has 0 saturated carbocycles. The highest BCUT2D eigenvalue weighted by Gasteiger charge is 1.91. The standard InChI is InChI=1S/2C8H8Br2/c9-5-7-1-2-8(6-10)4-3-7;9-5-7-2-1-3-8(4-7)6-10/h2*1-4H,5-6H2. The summed E-state index contributed by atoms with van der Waals surface area (Å²) in [4.78, 5) is 0. The maximum absolute atomic E-state index is 3.41. The van der Waals surface area contributed by atoms with Crippen molar-refractivity contribution in [1.82, 2.24) is 0 Å². The third kappa shape index (κ3) is 6.88. The first kappa shape index (κ1) is 18.4. The van der Waals surface area contributed by atoms with E-state index in [1.165, 1.54) is 22.3 Å². The minimum atomic E-state index is 0.938. The monoisotopic (exact) mass is 524 g/mol. The molecule has 0 fully saturated rings. The number of rotatable bonds is 4. The van der Waals surface area contributed by atoms with E-state index in [1.54, 1.807) is 0 Å². The number of benzene rings is 2. The molecule has 0 aliphatic heterocycles. The molecule has 0 bridgehead atoms. The van der Waals surface area contributed by atoms with E-state index < -0.39 is 0 Å². The Morgan fingerprint density at radius 2 is 0.850 bits per heavy atom. The van der Waals surface area contributed by atoms with Crippen LogP contribution in [0.1, 0.15) is 22.3 Å². The lowest BCUT2D eigenvalue weighted by molar-refractivity contribution is 1.35. The lowest BCUT2D eigenvalue weighted by Crippen LogP contribution is -1.80. The number of hydrogen-bond donors (Lipinski definition) is 0. The van der Waals surface area contributed by atoms with Crippen molar-refractivity contribution in [2.75, 3.05) is 0 Å². The van der Waals surface area contributed by atoms with Gasteiger partial charge >= 0.3 is 0 Å². The van der Waals surface area contributed by atoms with Crippen molar-refractivity contribution in [3.8, 4) is 0 Å². The highest BCUT2D eigenvalue weighted by atomic mass is 79.9. The third-order valence-corrected chi connectivity index (χ3v) is 5.22. The predicted octanol–water partition coefficient (Wildman–Crippen LogP) is 6.95. The Hall–Kier alpha value is 0.360. The molecule has 0 aliphatic rings. The normalized spacial score (nSPS) is 9.80. The molecule has 0 radical (unpaired) electrons. The van der Waals surface area contributed by atoms with E-state index in [2.05, 4.69) is 112 Å². The van der Waals surface area contributed by atoms with Crippen LogP contribution in [0.15, 0.2) is 48.5 Å². The fourth-order valence-corrected chi connectivity index (χ4v) is 2.96. The minimum Gasteiger partial charge on any atom is -0.0876 e. The van der Waals surface area contributed by atoms with E-state index in [9.17, 15) is 0 Å². The van der Waals surface area contributed by atoms with Crippen LogP contribution in [0.25, 0.3) is 0 Å². The fraction of sp³-hybridized carbons (Fsp3) is 0.250. The summed E-state index contributed by atoms with van der Waals surface area (Å²) in [6.07, 6.45) is 0. The van der Waals surface area contributed by atoms with Crippen molar-refractivity contribution in [3.05, 3.63) is 70.8 Å². The summed E-state index contributed by atoms with van der Waals surface area (Å²) in [5, 5.41) is 3.76. The zero-order valence-electron chi connectivity index (χ0n) is 11.0. The van der Waals surface area contributed by atoms with Crippen molar-refractivity contribution in [2.24, 2.45) is 0 Å². The van der Waals surface area contributed by atoms with Gasteiger partial charge in [0.2, 0.25) is 0 Å². The first-order chi connectivity index (χ1) is 9.73. The van der Waals surface area contributed by atoms with Crippen LogP contribution < -0.4 is 0 Å². The predicted molar refractivity (Wildman–Crippen MR) is 103 cm³/mol. The van der Waals surface area contributed by atoms with Gasteiger partial charge in [-0.05, 0) is 22.3 Å². The highest BCUT2D eigenvalue weighted by molar-refractivity contribution is 9.09. The molecule has 108 valence electrons. The smallest absolute Gasteiger partial charge is 0.0283 e. The van der Waals surface area contributed by atoms with Crippen LogP contribution in [0, 0.1) is 0 Å². The summed E-state index contributed by atoms with van der Waals surface area (Å²) in [6.45, 7) is 0. The van der Waals surface area contributed by atoms with Gasteiger partial charge in [-0.15, -0.1) is 0 Å². The maximum Gasteiger partial charge on any atom is 0.0283 e. The molecule has 0 saturated heterocycles. The van der Waals surface area contributed by atoms with Crippen LogP contribution in [0.5, 0.6) is 0 Å². The van der Waals surface area contributed by atoms with Crippen LogP contribution >= 0.6 is 63.7 Å². The Kier molecular flexibility index (Phi) is 10.1. The molecule has 0 aromatic heterocycles. The van der Waals surface area contributed by atoms with Crippen molar-refractivity contribution >= 4 is 63.7 Å². The first-order valence-corrected chi connectivity index (χ1v) is 10.6. The summed E-state index contributed by atoms with van der Waals surface area (Å²) < 4.78 is 0. The molecule has 2 rings (SSSR count).